The van der Waals surface area contributed by atoms with E-state index in [1.54, 1.807) is 0 Å². The van der Waals surface area contributed by atoms with Crippen LogP contribution in [0.15, 0.2) is 18.3 Å². The van der Waals surface area contributed by atoms with Gasteiger partial charge in [-0.25, -0.2) is 4.98 Å². The van der Waals surface area contributed by atoms with Gasteiger partial charge in [-0.1, -0.05) is 0 Å². The fourth-order valence-electron chi connectivity index (χ4n) is 3.15. The average Bonchev–Trinajstić information content (AvgIpc) is 2.80. The van der Waals surface area contributed by atoms with Crippen molar-refractivity contribution < 1.29 is 18.0 Å². The largest absolute Gasteiger partial charge is 0.417 e. The van der Waals surface area contributed by atoms with Crippen molar-refractivity contribution in [2.45, 2.75) is 25.1 Å². The van der Waals surface area contributed by atoms with Crippen molar-refractivity contribution in [1.82, 2.24) is 15.2 Å². The first-order valence-corrected chi connectivity index (χ1v) is 7.75. The Morgan fingerprint density at radius 2 is 2.00 bits per heavy atom. The summed E-state index contributed by atoms with van der Waals surface area (Å²) in [4.78, 5) is 19.9. The molecule has 1 amide bonds. The lowest BCUT2D eigenvalue weighted by Gasteiger charge is -2.25. The molecule has 0 radical (unpaired) electrons. The first kappa shape index (κ1) is 16.0. The van der Waals surface area contributed by atoms with Crippen LogP contribution in [0, 0.1) is 0 Å². The molecule has 5 nitrogen and oxygen atoms in total. The van der Waals surface area contributed by atoms with Crippen LogP contribution in [0.3, 0.4) is 0 Å². The lowest BCUT2D eigenvalue weighted by Crippen LogP contribution is -2.42. The Balaban J connectivity index is 1.65. The van der Waals surface area contributed by atoms with Gasteiger partial charge in [-0.3, -0.25) is 9.69 Å². The maximum atomic E-state index is 12.6. The average molecular weight is 328 g/mol. The van der Waals surface area contributed by atoms with Gasteiger partial charge in [0.1, 0.15) is 5.82 Å². The molecule has 0 bridgehead atoms. The molecule has 2 aliphatic rings. The zero-order valence-electron chi connectivity index (χ0n) is 12.6. The van der Waals surface area contributed by atoms with Crippen molar-refractivity contribution in [3.8, 4) is 0 Å². The molecule has 1 aromatic heterocycles. The van der Waals surface area contributed by atoms with Crippen LogP contribution < -0.4 is 10.2 Å². The molecule has 8 heteroatoms. The molecule has 1 N–H and O–H groups in total. The Labute approximate surface area is 132 Å². The van der Waals surface area contributed by atoms with E-state index in [0.717, 1.165) is 38.2 Å². The summed E-state index contributed by atoms with van der Waals surface area (Å²) in [5.41, 5.74) is -0.736. The van der Waals surface area contributed by atoms with E-state index in [1.807, 2.05) is 4.90 Å². The van der Waals surface area contributed by atoms with Gasteiger partial charge in [-0.15, -0.1) is 0 Å². The fourth-order valence-corrected chi connectivity index (χ4v) is 3.15. The zero-order chi connectivity index (χ0) is 16.4. The SMILES string of the molecule is O=C1NCCC1N1CCCN(c2ccc(C(F)(F)F)cn2)CC1. The van der Waals surface area contributed by atoms with Gasteiger partial charge in [0.25, 0.3) is 0 Å². The molecule has 126 valence electrons. The van der Waals surface area contributed by atoms with Gasteiger partial charge in [0, 0.05) is 38.9 Å². The van der Waals surface area contributed by atoms with E-state index in [1.165, 1.54) is 6.07 Å². The highest BCUT2D eigenvalue weighted by molar-refractivity contribution is 5.83. The molecule has 2 saturated heterocycles. The molecule has 23 heavy (non-hydrogen) atoms. The lowest BCUT2D eigenvalue weighted by atomic mass is 10.2. The Kier molecular flexibility index (Phi) is 4.43. The Bertz CT molecular complexity index is 561. The monoisotopic (exact) mass is 328 g/mol. The number of carbonyl (C=O) groups excluding carboxylic acids is 1. The Morgan fingerprint density at radius 1 is 1.17 bits per heavy atom. The number of aromatic nitrogens is 1. The number of alkyl halides is 3. The molecule has 1 unspecified atom stereocenters. The van der Waals surface area contributed by atoms with Crippen molar-refractivity contribution in [1.29, 1.82) is 0 Å². The summed E-state index contributed by atoms with van der Waals surface area (Å²) in [6, 6.07) is 2.41. The number of carbonyl (C=O) groups is 1. The van der Waals surface area contributed by atoms with Gasteiger partial charge in [-0.2, -0.15) is 13.2 Å². The zero-order valence-corrected chi connectivity index (χ0v) is 12.6. The van der Waals surface area contributed by atoms with Crippen LogP contribution in [0.5, 0.6) is 0 Å². The van der Waals surface area contributed by atoms with Crippen molar-refractivity contribution in [3.05, 3.63) is 23.9 Å². The third-order valence-electron chi connectivity index (χ3n) is 4.39. The van der Waals surface area contributed by atoms with Gasteiger partial charge in [0.05, 0.1) is 11.6 Å². The summed E-state index contributed by atoms with van der Waals surface area (Å²) in [5.74, 6) is 0.627. The second-order valence-corrected chi connectivity index (χ2v) is 5.87. The molecule has 0 spiro atoms. The second kappa shape index (κ2) is 6.35. The fraction of sp³-hybridized carbons (Fsp3) is 0.600. The van der Waals surface area contributed by atoms with Crippen molar-refractivity contribution in [2.75, 3.05) is 37.6 Å². The topological polar surface area (TPSA) is 48.5 Å². The highest BCUT2D eigenvalue weighted by atomic mass is 19.4. The number of pyridine rings is 1. The number of halogens is 3. The van der Waals surface area contributed by atoms with Gasteiger partial charge in [-0.05, 0) is 25.0 Å². The summed E-state index contributed by atoms with van der Waals surface area (Å²) >= 11 is 0. The molecular formula is C15H19F3N4O. The van der Waals surface area contributed by atoms with E-state index in [9.17, 15) is 18.0 Å². The minimum Gasteiger partial charge on any atom is -0.355 e. The van der Waals surface area contributed by atoms with Crippen molar-refractivity contribution >= 4 is 11.7 Å². The summed E-state index contributed by atoms with van der Waals surface area (Å²) in [5, 5.41) is 2.84. The van der Waals surface area contributed by atoms with Crippen LogP contribution in [0.2, 0.25) is 0 Å². The highest BCUT2D eigenvalue weighted by Crippen LogP contribution is 2.29. The van der Waals surface area contributed by atoms with Crippen LogP contribution in [-0.2, 0) is 11.0 Å². The summed E-state index contributed by atoms with van der Waals surface area (Å²) in [6.07, 6.45) is -1.82. The van der Waals surface area contributed by atoms with Crippen LogP contribution in [0.25, 0.3) is 0 Å². The number of amides is 1. The molecule has 0 saturated carbocycles. The molecule has 2 fully saturated rings. The van der Waals surface area contributed by atoms with E-state index in [-0.39, 0.29) is 11.9 Å². The van der Waals surface area contributed by atoms with Gasteiger partial charge in [0.2, 0.25) is 5.91 Å². The number of anilines is 1. The van der Waals surface area contributed by atoms with Gasteiger partial charge >= 0.3 is 6.18 Å². The predicted octanol–water partition coefficient (Wildman–Crippen LogP) is 1.50. The number of rotatable bonds is 2. The van der Waals surface area contributed by atoms with Gasteiger partial charge in [0.15, 0.2) is 0 Å². The number of nitrogens with one attached hydrogen (secondary N) is 1. The first-order chi connectivity index (χ1) is 10.9. The van der Waals surface area contributed by atoms with Crippen LogP contribution in [0.4, 0.5) is 19.0 Å². The molecule has 1 aromatic rings. The normalized spacial score (nSPS) is 23.7. The van der Waals surface area contributed by atoms with Crippen LogP contribution >= 0.6 is 0 Å². The number of nitrogens with zero attached hydrogens (tertiary/aromatic N) is 3. The molecule has 0 aromatic carbocycles. The summed E-state index contributed by atoms with van der Waals surface area (Å²) in [7, 11) is 0. The quantitative estimate of drug-likeness (QED) is 0.894. The summed E-state index contributed by atoms with van der Waals surface area (Å²) in [6.45, 7) is 3.62. The lowest BCUT2D eigenvalue weighted by molar-refractivity contribution is -0.137. The van der Waals surface area contributed by atoms with E-state index in [0.29, 0.717) is 25.5 Å². The molecular weight excluding hydrogens is 309 g/mol. The van der Waals surface area contributed by atoms with Crippen molar-refractivity contribution in [2.24, 2.45) is 0 Å². The molecule has 1 atom stereocenters. The molecule has 2 aliphatic heterocycles. The standard InChI is InChI=1S/C15H19F3N4O/c16-15(17,18)11-2-3-13(20-10-11)22-7-1-6-21(8-9-22)12-4-5-19-14(12)23/h2-3,10,12H,1,4-9H2,(H,19,23). The van der Waals surface area contributed by atoms with E-state index >= 15 is 0 Å². The highest BCUT2D eigenvalue weighted by Gasteiger charge is 2.32. The minimum absolute atomic E-state index is 0.0736. The van der Waals surface area contributed by atoms with Gasteiger partial charge < -0.3 is 10.2 Å². The number of hydrogen-bond donors (Lipinski definition) is 1. The predicted molar refractivity (Wildman–Crippen MR) is 79.1 cm³/mol. The first-order valence-electron chi connectivity index (χ1n) is 7.75. The summed E-state index contributed by atoms with van der Waals surface area (Å²) < 4.78 is 37.8. The van der Waals surface area contributed by atoms with E-state index < -0.39 is 11.7 Å². The third kappa shape index (κ3) is 3.57. The van der Waals surface area contributed by atoms with Crippen molar-refractivity contribution in [3.63, 3.8) is 0 Å². The Hall–Kier alpha value is -1.83. The van der Waals surface area contributed by atoms with Crippen LogP contribution in [-0.4, -0.2) is 54.6 Å². The maximum Gasteiger partial charge on any atom is 0.417 e. The number of hydrogen-bond acceptors (Lipinski definition) is 4. The minimum atomic E-state index is -4.36. The third-order valence-corrected chi connectivity index (χ3v) is 4.39. The van der Waals surface area contributed by atoms with E-state index in [4.69, 9.17) is 0 Å². The molecule has 0 aliphatic carbocycles. The van der Waals surface area contributed by atoms with Crippen LogP contribution in [0.1, 0.15) is 18.4 Å². The second-order valence-electron chi connectivity index (χ2n) is 5.87. The smallest absolute Gasteiger partial charge is 0.355 e. The molecule has 3 heterocycles. The Morgan fingerprint density at radius 3 is 2.61 bits per heavy atom. The molecule has 3 rings (SSSR count). The maximum absolute atomic E-state index is 12.6. The van der Waals surface area contributed by atoms with E-state index in [2.05, 4.69) is 15.2 Å².